The average Bonchev–Trinajstić information content (AvgIpc) is 3.23. The summed E-state index contributed by atoms with van der Waals surface area (Å²) >= 11 is 0. The lowest BCUT2D eigenvalue weighted by atomic mass is 10.0. The van der Waals surface area contributed by atoms with Crippen LogP contribution in [0.3, 0.4) is 0 Å². The lowest BCUT2D eigenvalue weighted by Crippen LogP contribution is -3.27. The topological polar surface area (TPSA) is 59.7 Å². The smallest absolute Gasteiger partial charge is 0.251 e. The number of hydrogen-bond donors (Lipinski definition) is 3. The van der Waals surface area contributed by atoms with Crippen LogP contribution in [0.4, 0.5) is 5.69 Å². The number of quaternary nitrogens is 2. The number of hydrogen-bond acceptors (Lipinski definition) is 4. The van der Waals surface area contributed by atoms with Crippen molar-refractivity contribution in [1.82, 2.24) is 5.32 Å². The van der Waals surface area contributed by atoms with Crippen LogP contribution >= 0.6 is 0 Å². The average molecular weight is 413 g/mol. The summed E-state index contributed by atoms with van der Waals surface area (Å²) in [6, 6.07) is 14.3. The first-order chi connectivity index (χ1) is 14.5. The van der Waals surface area contributed by atoms with Gasteiger partial charge in [-0.15, -0.1) is 0 Å². The van der Waals surface area contributed by atoms with Crippen molar-refractivity contribution in [2.45, 2.75) is 6.04 Å². The number of likely N-dealkylation sites (N-methyl/N-ethyl adjacent to an activating group) is 1. The van der Waals surface area contributed by atoms with Gasteiger partial charge in [0.15, 0.2) is 11.5 Å². The third-order valence-corrected chi connectivity index (χ3v) is 6.15. The summed E-state index contributed by atoms with van der Waals surface area (Å²) in [6.07, 6.45) is 0. The molecule has 0 bridgehead atoms. The van der Waals surface area contributed by atoms with Crippen LogP contribution in [0.25, 0.3) is 0 Å². The van der Waals surface area contributed by atoms with Crippen molar-refractivity contribution < 1.29 is 24.1 Å². The zero-order valence-corrected chi connectivity index (χ0v) is 18.0. The van der Waals surface area contributed by atoms with E-state index in [0.717, 1.165) is 26.2 Å². The molecule has 4 rings (SSSR count). The van der Waals surface area contributed by atoms with Crippen LogP contribution in [-0.4, -0.2) is 66.6 Å². The van der Waals surface area contributed by atoms with Crippen LogP contribution in [0.2, 0.25) is 0 Å². The van der Waals surface area contributed by atoms with E-state index in [0.29, 0.717) is 23.6 Å². The molecule has 7 heteroatoms. The Balaban J connectivity index is 1.48. The van der Waals surface area contributed by atoms with Gasteiger partial charge in [-0.2, -0.15) is 0 Å². The first kappa shape index (κ1) is 20.5. The number of rotatable bonds is 6. The Morgan fingerprint density at radius 1 is 1.03 bits per heavy atom. The Hall–Kier alpha value is -2.77. The van der Waals surface area contributed by atoms with E-state index in [1.165, 1.54) is 16.2 Å². The van der Waals surface area contributed by atoms with E-state index in [-0.39, 0.29) is 18.7 Å². The Labute approximate surface area is 178 Å². The molecule has 1 fully saturated rings. The van der Waals surface area contributed by atoms with Gasteiger partial charge in [-0.25, -0.2) is 0 Å². The number of nitrogens with zero attached hydrogens (tertiary/aromatic N) is 1. The molecule has 2 aliphatic heterocycles. The van der Waals surface area contributed by atoms with Gasteiger partial charge < -0.3 is 29.5 Å². The van der Waals surface area contributed by atoms with Crippen LogP contribution in [-0.2, 0) is 0 Å². The first-order valence-electron chi connectivity index (χ1n) is 10.6. The molecular weight excluding hydrogens is 380 g/mol. The number of anilines is 1. The van der Waals surface area contributed by atoms with Crippen molar-refractivity contribution in [1.29, 1.82) is 0 Å². The molecule has 1 atom stereocenters. The normalized spacial score (nSPS) is 21.2. The molecule has 0 aliphatic carbocycles. The number of benzene rings is 2. The summed E-state index contributed by atoms with van der Waals surface area (Å²) in [5.74, 6) is 1.24. The fourth-order valence-electron chi connectivity index (χ4n) is 4.18. The molecule has 0 spiro atoms. The molecule has 1 amide bonds. The van der Waals surface area contributed by atoms with Crippen LogP contribution in [0.1, 0.15) is 22.0 Å². The van der Waals surface area contributed by atoms with Gasteiger partial charge in [0.05, 0.1) is 13.6 Å². The molecule has 1 saturated heterocycles. The molecular formula is C23H32N4O3+2. The van der Waals surface area contributed by atoms with Crippen molar-refractivity contribution >= 4 is 11.6 Å². The number of amides is 1. The number of carbonyl (C=O) groups excluding carboxylic acids is 1. The highest BCUT2D eigenvalue weighted by molar-refractivity contribution is 5.94. The molecule has 0 saturated carbocycles. The lowest BCUT2D eigenvalue weighted by Gasteiger charge is -2.33. The maximum atomic E-state index is 12.8. The number of fused-ring (bicyclic) bond motifs is 1. The van der Waals surface area contributed by atoms with Crippen LogP contribution < -0.4 is 29.5 Å². The Bertz CT molecular complexity index is 877. The van der Waals surface area contributed by atoms with Gasteiger partial charge >= 0.3 is 0 Å². The van der Waals surface area contributed by atoms with Crippen LogP contribution in [0.15, 0.2) is 42.5 Å². The van der Waals surface area contributed by atoms with Gasteiger partial charge in [-0.3, -0.25) is 4.79 Å². The summed E-state index contributed by atoms with van der Waals surface area (Å²) in [6.45, 7) is 5.32. The molecule has 0 radical (unpaired) electrons. The highest BCUT2D eigenvalue weighted by atomic mass is 16.7. The second-order valence-corrected chi connectivity index (χ2v) is 8.43. The number of ether oxygens (including phenoxy) is 2. The fraction of sp³-hybridized carbons (Fsp3) is 0.435. The molecule has 30 heavy (non-hydrogen) atoms. The predicted molar refractivity (Wildman–Crippen MR) is 116 cm³/mol. The van der Waals surface area contributed by atoms with Gasteiger partial charge in [-0.05, 0) is 30.3 Å². The van der Waals surface area contributed by atoms with E-state index in [2.05, 4.69) is 41.5 Å². The molecule has 7 nitrogen and oxygen atoms in total. The predicted octanol–water partition coefficient (Wildman–Crippen LogP) is -0.634. The Morgan fingerprint density at radius 2 is 1.73 bits per heavy atom. The second-order valence-electron chi connectivity index (χ2n) is 8.43. The third kappa shape index (κ3) is 4.52. The van der Waals surface area contributed by atoms with Gasteiger partial charge in [0, 0.05) is 30.9 Å². The number of piperazine rings is 1. The zero-order valence-electron chi connectivity index (χ0n) is 18.0. The number of carbonyl (C=O) groups is 1. The molecule has 0 unspecified atom stereocenters. The summed E-state index contributed by atoms with van der Waals surface area (Å²) in [5, 5.41) is 3.16. The highest BCUT2D eigenvalue weighted by Crippen LogP contribution is 2.32. The lowest BCUT2D eigenvalue weighted by molar-refractivity contribution is -1.02. The highest BCUT2D eigenvalue weighted by Gasteiger charge is 2.30. The van der Waals surface area contributed by atoms with Gasteiger partial charge in [0.2, 0.25) is 6.79 Å². The van der Waals surface area contributed by atoms with Crippen LogP contribution in [0.5, 0.6) is 11.5 Å². The van der Waals surface area contributed by atoms with Crippen molar-refractivity contribution in [3.63, 3.8) is 0 Å². The van der Waals surface area contributed by atoms with Crippen LogP contribution in [0, 0.1) is 0 Å². The fourth-order valence-corrected chi connectivity index (χ4v) is 4.18. The maximum Gasteiger partial charge on any atom is 0.251 e. The summed E-state index contributed by atoms with van der Waals surface area (Å²) in [5.41, 5.74) is 3.04. The van der Waals surface area contributed by atoms with E-state index in [1.807, 2.05) is 14.1 Å². The molecule has 2 heterocycles. The van der Waals surface area contributed by atoms with E-state index in [4.69, 9.17) is 9.47 Å². The minimum absolute atomic E-state index is 0.0811. The van der Waals surface area contributed by atoms with Gasteiger partial charge in [0.1, 0.15) is 32.2 Å². The van der Waals surface area contributed by atoms with Gasteiger partial charge in [0.25, 0.3) is 5.91 Å². The summed E-state index contributed by atoms with van der Waals surface area (Å²) in [7, 11) is 6.35. The minimum Gasteiger partial charge on any atom is -0.454 e. The molecule has 2 aromatic carbocycles. The van der Waals surface area contributed by atoms with E-state index in [1.54, 1.807) is 23.1 Å². The molecule has 3 N–H and O–H groups in total. The second kappa shape index (κ2) is 8.93. The summed E-state index contributed by atoms with van der Waals surface area (Å²) < 4.78 is 10.7. The maximum absolute atomic E-state index is 12.8. The first-order valence-corrected chi connectivity index (χ1v) is 10.6. The van der Waals surface area contributed by atoms with Crippen molar-refractivity contribution in [3.8, 4) is 11.5 Å². The monoisotopic (exact) mass is 412 g/mol. The number of nitrogens with one attached hydrogen (secondary N) is 3. The minimum atomic E-state index is -0.0811. The third-order valence-electron chi connectivity index (χ3n) is 6.15. The standard InChI is InChI=1S/C23H30N4O3/c1-25(2)19-7-4-17(5-8-19)20(27-12-10-26(3)11-13-27)15-24-23(28)18-6-9-21-22(14-18)30-16-29-21/h4-9,14,20H,10-13,15-16H2,1-3H3,(H,24,28)/p+2/t20-/m0/s1. The molecule has 160 valence electrons. The quantitative estimate of drug-likeness (QED) is 0.591. The SMILES string of the molecule is CN(C)c1ccc([C@H](CNC(=O)c2ccc3c(c2)OCO3)[NH+]2CC[NH+](C)CC2)cc1. The van der Waals surface area contributed by atoms with E-state index in [9.17, 15) is 4.79 Å². The van der Waals surface area contributed by atoms with E-state index >= 15 is 0 Å². The van der Waals surface area contributed by atoms with Gasteiger partial charge in [-0.1, -0.05) is 12.1 Å². The largest absolute Gasteiger partial charge is 0.454 e. The molecule has 2 aliphatic rings. The zero-order chi connectivity index (χ0) is 21.1. The van der Waals surface area contributed by atoms with Crippen molar-refractivity contribution in [3.05, 3.63) is 53.6 Å². The molecule has 0 aromatic heterocycles. The van der Waals surface area contributed by atoms with Crippen molar-refractivity contribution in [2.75, 3.05) is 65.6 Å². The summed E-state index contributed by atoms with van der Waals surface area (Å²) in [4.78, 5) is 18.0. The van der Waals surface area contributed by atoms with Crippen molar-refractivity contribution in [2.24, 2.45) is 0 Å². The van der Waals surface area contributed by atoms with E-state index < -0.39 is 0 Å². The Morgan fingerprint density at radius 3 is 2.43 bits per heavy atom. The Kier molecular flexibility index (Phi) is 6.11. The molecule has 2 aromatic rings.